The van der Waals surface area contributed by atoms with E-state index in [-0.39, 0.29) is 22.4 Å². The highest BCUT2D eigenvalue weighted by Crippen LogP contribution is 2.27. The van der Waals surface area contributed by atoms with Crippen LogP contribution in [-0.4, -0.2) is 24.5 Å². The molecule has 46 heavy (non-hydrogen) atoms. The average Bonchev–Trinajstić information content (AvgIpc) is 3.08. The summed E-state index contributed by atoms with van der Waals surface area (Å²) in [6.07, 6.45) is 12.1. The third kappa shape index (κ3) is 10.9. The average molecular weight is 622 g/mol. The van der Waals surface area contributed by atoms with E-state index in [0.29, 0.717) is 23.7 Å². The fraction of sp³-hybridized carbons (Fsp3) is 0.308. The molecule has 0 aliphatic carbocycles. The number of carbonyl (C=O) groups is 3. The predicted molar refractivity (Wildman–Crippen MR) is 181 cm³/mol. The quantitative estimate of drug-likeness (QED) is 0.0672. The van der Waals surface area contributed by atoms with Gasteiger partial charge in [0.1, 0.15) is 17.2 Å². The second-order valence-corrected chi connectivity index (χ2v) is 11.2. The van der Waals surface area contributed by atoms with Gasteiger partial charge in [-0.05, 0) is 55.0 Å². The van der Waals surface area contributed by atoms with Crippen LogP contribution in [0.5, 0.6) is 17.2 Å². The van der Waals surface area contributed by atoms with Crippen LogP contribution in [0.25, 0.3) is 0 Å². The summed E-state index contributed by atoms with van der Waals surface area (Å²) in [5.74, 6) is -1.63. The Morgan fingerprint density at radius 1 is 0.500 bits per heavy atom. The molecule has 0 aliphatic heterocycles. The van der Waals surface area contributed by atoms with Gasteiger partial charge in [0, 0.05) is 12.2 Å². The van der Waals surface area contributed by atoms with Gasteiger partial charge in [-0.3, -0.25) is 0 Å². The van der Waals surface area contributed by atoms with Crippen LogP contribution in [0.1, 0.15) is 102 Å². The topological polar surface area (TPSA) is 90.9 Å². The number of hydrogen-bond acceptors (Lipinski definition) is 7. The lowest BCUT2D eigenvalue weighted by Crippen LogP contribution is -2.24. The van der Waals surface area contributed by atoms with E-state index in [1.807, 2.05) is 0 Å². The second kappa shape index (κ2) is 18.8. The molecule has 0 fully saturated rings. The summed E-state index contributed by atoms with van der Waals surface area (Å²) in [5, 5.41) is 3.34. The van der Waals surface area contributed by atoms with Gasteiger partial charge in [0.05, 0.1) is 16.7 Å². The Labute approximate surface area is 271 Å². The maximum Gasteiger partial charge on any atom is 0.345 e. The highest BCUT2D eigenvalue weighted by molar-refractivity contribution is 6.12. The first-order valence-electron chi connectivity index (χ1n) is 16.3. The molecule has 0 radical (unpaired) electrons. The molecule has 0 spiro atoms. The standard InChI is InChI=1S/C39H43NO6/c1-2-3-4-5-6-7-8-9-10-20-27-40-30-28-34(37(41)44-31-21-14-11-15-22-31)36(39(43)46-33-25-18-13-19-26-33)35(29-30)38(42)45-32-23-16-12-17-24-32/h11-19,21-26,28-29,40H,2-10,20,27H2,1H3. The van der Waals surface area contributed by atoms with Gasteiger partial charge in [0.2, 0.25) is 0 Å². The summed E-state index contributed by atoms with van der Waals surface area (Å²) in [7, 11) is 0. The van der Waals surface area contributed by atoms with E-state index in [1.54, 1.807) is 91.0 Å². The summed E-state index contributed by atoms with van der Waals surface area (Å²) in [4.78, 5) is 40.9. The van der Waals surface area contributed by atoms with Gasteiger partial charge in [-0.15, -0.1) is 0 Å². The van der Waals surface area contributed by atoms with Crippen LogP contribution in [-0.2, 0) is 0 Å². The monoisotopic (exact) mass is 621 g/mol. The van der Waals surface area contributed by atoms with Gasteiger partial charge in [-0.2, -0.15) is 0 Å². The van der Waals surface area contributed by atoms with Crippen molar-refractivity contribution in [2.24, 2.45) is 0 Å². The fourth-order valence-corrected chi connectivity index (χ4v) is 5.08. The SMILES string of the molecule is CCCCCCCCCCCCNc1cc(C(=O)Oc2ccccc2)c(C(=O)Oc2ccccc2)c(C(=O)Oc2ccccc2)c1. The van der Waals surface area contributed by atoms with Crippen molar-refractivity contribution >= 4 is 23.6 Å². The lowest BCUT2D eigenvalue weighted by molar-refractivity contribution is 0.0674. The van der Waals surface area contributed by atoms with E-state index in [0.717, 1.165) is 19.3 Å². The lowest BCUT2D eigenvalue weighted by atomic mass is 9.99. The highest BCUT2D eigenvalue weighted by atomic mass is 16.5. The van der Waals surface area contributed by atoms with Gasteiger partial charge in [0.15, 0.2) is 0 Å². The Balaban J connectivity index is 1.56. The van der Waals surface area contributed by atoms with E-state index in [1.165, 1.54) is 57.1 Å². The second-order valence-electron chi connectivity index (χ2n) is 11.2. The number of para-hydroxylation sites is 3. The highest BCUT2D eigenvalue weighted by Gasteiger charge is 2.30. The van der Waals surface area contributed by atoms with Crippen molar-refractivity contribution in [1.82, 2.24) is 0 Å². The van der Waals surface area contributed by atoms with Crippen molar-refractivity contribution in [2.45, 2.75) is 71.1 Å². The minimum atomic E-state index is -0.882. The third-order valence-corrected chi connectivity index (χ3v) is 7.50. The van der Waals surface area contributed by atoms with Crippen LogP contribution in [0.2, 0.25) is 0 Å². The van der Waals surface area contributed by atoms with E-state index in [4.69, 9.17) is 14.2 Å². The van der Waals surface area contributed by atoms with Crippen molar-refractivity contribution in [3.63, 3.8) is 0 Å². The molecule has 7 heteroatoms. The van der Waals surface area contributed by atoms with E-state index in [9.17, 15) is 14.4 Å². The molecule has 0 amide bonds. The first kappa shape index (κ1) is 34.0. The molecule has 1 N–H and O–H groups in total. The molecule has 0 bridgehead atoms. The van der Waals surface area contributed by atoms with E-state index >= 15 is 0 Å². The molecule has 0 atom stereocenters. The predicted octanol–water partition coefficient (Wildman–Crippen LogP) is 9.68. The molecule has 0 aliphatic rings. The van der Waals surface area contributed by atoms with Crippen LogP contribution < -0.4 is 19.5 Å². The molecule has 7 nitrogen and oxygen atoms in total. The minimum Gasteiger partial charge on any atom is -0.423 e. The molecule has 0 saturated heterocycles. The number of rotatable bonds is 18. The number of esters is 3. The Hall–Kier alpha value is -4.91. The third-order valence-electron chi connectivity index (χ3n) is 7.50. The minimum absolute atomic E-state index is 0.113. The number of benzene rings is 4. The first-order valence-corrected chi connectivity index (χ1v) is 16.3. The Bertz CT molecular complexity index is 1450. The Morgan fingerprint density at radius 3 is 1.28 bits per heavy atom. The summed E-state index contributed by atoms with van der Waals surface area (Å²) < 4.78 is 16.9. The molecule has 4 rings (SSSR count). The number of nitrogens with one attached hydrogen (secondary N) is 1. The largest absolute Gasteiger partial charge is 0.423 e. The van der Waals surface area contributed by atoms with Crippen molar-refractivity contribution < 1.29 is 28.6 Å². The molecule has 0 aromatic heterocycles. The van der Waals surface area contributed by atoms with E-state index in [2.05, 4.69) is 12.2 Å². The maximum atomic E-state index is 13.7. The van der Waals surface area contributed by atoms with Gasteiger partial charge < -0.3 is 19.5 Å². The van der Waals surface area contributed by atoms with Gasteiger partial charge in [0.25, 0.3) is 0 Å². The number of carbonyl (C=O) groups excluding carboxylic acids is 3. The maximum absolute atomic E-state index is 13.7. The molecule has 4 aromatic carbocycles. The molecular formula is C39H43NO6. The lowest BCUT2D eigenvalue weighted by Gasteiger charge is -2.16. The van der Waals surface area contributed by atoms with Gasteiger partial charge in [-0.1, -0.05) is 119 Å². The molecule has 4 aromatic rings. The summed E-state index contributed by atoms with van der Waals surface area (Å²) in [6, 6.07) is 28.6. The first-order chi connectivity index (χ1) is 22.5. The zero-order chi connectivity index (χ0) is 32.4. The molecule has 0 saturated carbocycles. The molecular weight excluding hydrogens is 578 g/mol. The van der Waals surface area contributed by atoms with Crippen molar-refractivity contribution in [1.29, 1.82) is 0 Å². The number of anilines is 1. The van der Waals surface area contributed by atoms with Crippen LogP contribution in [0.15, 0.2) is 103 Å². The zero-order valence-electron chi connectivity index (χ0n) is 26.5. The Morgan fingerprint density at radius 2 is 0.870 bits per heavy atom. The fourth-order valence-electron chi connectivity index (χ4n) is 5.08. The van der Waals surface area contributed by atoms with Crippen LogP contribution >= 0.6 is 0 Å². The smallest absolute Gasteiger partial charge is 0.345 e. The van der Waals surface area contributed by atoms with Gasteiger partial charge >= 0.3 is 17.9 Å². The Kier molecular flexibility index (Phi) is 13.9. The molecule has 0 unspecified atom stereocenters. The van der Waals surface area contributed by atoms with Crippen molar-refractivity contribution in [3.05, 3.63) is 120 Å². The number of hydrogen-bond donors (Lipinski definition) is 1. The van der Waals surface area contributed by atoms with Crippen LogP contribution in [0, 0.1) is 0 Å². The van der Waals surface area contributed by atoms with Crippen molar-refractivity contribution in [3.8, 4) is 17.2 Å². The summed E-state index contributed by atoms with van der Waals surface area (Å²) in [5.41, 5.74) is 0.0261. The van der Waals surface area contributed by atoms with Crippen LogP contribution in [0.3, 0.4) is 0 Å². The summed E-state index contributed by atoms with van der Waals surface area (Å²) in [6.45, 7) is 2.86. The molecule has 240 valence electrons. The van der Waals surface area contributed by atoms with E-state index < -0.39 is 17.9 Å². The number of unbranched alkanes of at least 4 members (excludes halogenated alkanes) is 9. The summed E-state index contributed by atoms with van der Waals surface area (Å²) >= 11 is 0. The van der Waals surface area contributed by atoms with Gasteiger partial charge in [-0.25, -0.2) is 14.4 Å². The van der Waals surface area contributed by atoms with Crippen LogP contribution in [0.4, 0.5) is 5.69 Å². The van der Waals surface area contributed by atoms with Crippen molar-refractivity contribution in [2.75, 3.05) is 11.9 Å². The zero-order valence-corrected chi connectivity index (χ0v) is 26.5. The normalized spacial score (nSPS) is 10.6. The number of ether oxygens (including phenoxy) is 3. The molecule has 0 heterocycles.